The van der Waals surface area contributed by atoms with Gasteiger partial charge in [-0.2, -0.15) is 15.0 Å². The smallest absolute Gasteiger partial charge is 0.322 e. The summed E-state index contributed by atoms with van der Waals surface area (Å²) in [6.45, 7) is 6.50. The van der Waals surface area contributed by atoms with Crippen LogP contribution in [0.4, 0.5) is 11.9 Å². The molecule has 1 heterocycles. The Hall–Kier alpha value is -1.63. The van der Waals surface area contributed by atoms with Crippen molar-refractivity contribution >= 4 is 11.9 Å². The summed E-state index contributed by atoms with van der Waals surface area (Å²) < 4.78 is 5.02. The lowest BCUT2D eigenvalue weighted by atomic mass is 10.0. The highest BCUT2D eigenvalue weighted by Crippen LogP contribution is 2.18. The van der Waals surface area contributed by atoms with Gasteiger partial charge in [0, 0.05) is 13.1 Å². The van der Waals surface area contributed by atoms with Crippen LogP contribution in [0, 0.1) is 5.92 Å². The molecule has 0 aromatic carbocycles. The zero-order valence-electron chi connectivity index (χ0n) is 11.6. The van der Waals surface area contributed by atoms with Gasteiger partial charge in [-0.3, -0.25) is 5.43 Å². The first-order valence-corrected chi connectivity index (χ1v) is 5.97. The van der Waals surface area contributed by atoms with Gasteiger partial charge in [-0.25, -0.2) is 5.84 Å². The SMILES string of the molecule is COc1nc(NN)nc(N(C)C(C)CC(C)C)n1. The van der Waals surface area contributed by atoms with E-state index in [1.807, 2.05) is 11.9 Å². The topological polar surface area (TPSA) is 89.2 Å². The third kappa shape index (κ3) is 3.69. The predicted molar refractivity (Wildman–Crippen MR) is 71.5 cm³/mol. The number of anilines is 2. The maximum Gasteiger partial charge on any atom is 0.322 e. The quantitative estimate of drug-likeness (QED) is 0.579. The molecule has 0 bridgehead atoms. The molecule has 0 amide bonds. The van der Waals surface area contributed by atoms with Crippen LogP contribution in [0.5, 0.6) is 6.01 Å². The fraction of sp³-hybridized carbons (Fsp3) is 0.727. The van der Waals surface area contributed by atoms with E-state index in [4.69, 9.17) is 10.6 Å². The molecule has 0 saturated heterocycles. The van der Waals surface area contributed by atoms with E-state index in [0.29, 0.717) is 23.9 Å². The number of methoxy groups -OCH3 is 1. The maximum absolute atomic E-state index is 5.32. The summed E-state index contributed by atoms with van der Waals surface area (Å²) in [5.74, 6) is 6.77. The van der Waals surface area contributed by atoms with Gasteiger partial charge in [0.2, 0.25) is 11.9 Å². The zero-order chi connectivity index (χ0) is 13.7. The minimum absolute atomic E-state index is 0.247. The molecular weight excluding hydrogens is 232 g/mol. The van der Waals surface area contributed by atoms with Gasteiger partial charge in [0.25, 0.3) is 0 Å². The minimum Gasteiger partial charge on any atom is -0.467 e. The molecule has 1 atom stereocenters. The second-order valence-electron chi connectivity index (χ2n) is 4.68. The van der Waals surface area contributed by atoms with Crippen molar-refractivity contribution in [1.29, 1.82) is 0 Å². The first-order valence-electron chi connectivity index (χ1n) is 5.97. The fourth-order valence-corrected chi connectivity index (χ4v) is 1.70. The lowest BCUT2D eigenvalue weighted by Crippen LogP contribution is -2.32. The van der Waals surface area contributed by atoms with Gasteiger partial charge >= 0.3 is 6.01 Å². The molecule has 1 aromatic rings. The second-order valence-corrected chi connectivity index (χ2v) is 4.68. The van der Waals surface area contributed by atoms with Gasteiger partial charge in [0.1, 0.15) is 0 Å². The van der Waals surface area contributed by atoms with E-state index in [1.54, 1.807) is 0 Å². The standard InChI is InChI=1S/C11H22N6O/c1-7(2)6-8(3)17(4)10-13-9(16-12)14-11(15-10)18-5/h7-8H,6,12H2,1-5H3,(H,13,14,15,16). The van der Waals surface area contributed by atoms with Crippen LogP contribution >= 0.6 is 0 Å². The Labute approximate surface area is 108 Å². The van der Waals surface area contributed by atoms with E-state index in [-0.39, 0.29) is 6.01 Å². The molecule has 0 aliphatic carbocycles. The van der Waals surface area contributed by atoms with Crippen molar-refractivity contribution in [2.45, 2.75) is 33.2 Å². The van der Waals surface area contributed by atoms with Crippen LogP contribution in [0.3, 0.4) is 0 Å². The highest BCUT2D eigenvalue weighted by atomic mass is 16.5. The Morgan fingerprint density at radius 1 is 1.28 bits per heavy atom. The number of hydrogen-bond acceptors (Lipinski definition) is 7. The van der Waals surface area contributed by atoms with Crippen molar-refractivity contribution in [3.8, 4) is 6.01 Å². The van der Waals surface area contributed by atoms with E-state index in [0.717, 1.165) is 6.42 Å². The van der Waals surface area contributed by atoms with Crippen LogP contribution in [0.1, 0.15) is 27.2 Å². The van der Waals surface area contributed by atoms with Gasteiger partial charge in [-0.15, -0.1) is 0 Å². The molecule has 0 radical (unpaired) electrons. The molecule has 0 spiro atoms. The lowest BCUT2D eigenvalue weighted by molar-refractivity contribution is 0.378. The molecule has 0 aliphatic heterocycles. The zero-order valence-corrected chi connectivity index (χ0v) is 11.6. The van der Waals surface area contributed by atoms with Gasteiger partial charge in [0.15, 0.2) is 0 Å². The number of ether oxygens (including phenoxy) is 1. The van der Waals surface area contributed by atoms with E-state index in [9.17, 15) is 0 Å². The van der Waals surface area contributed by atoms with Gasteiger partial charge in [-0.1, -0.05) is 13.8 Å². The van der Waals surface area contributed by atoms with E-state index < -0.39 is 0 Å². The molecule has 3 N–H and O–H groups in total. The second kappa shape index (κ2) is 6.34. The summed E-state index contributed by atoms with van der Waals surface area (Å²) in [7, 11) is 3.46. The van der Waals surface area contributed by atoms with Crippen molar-refractivity contribution < 1.29 is 4.74 Å². The Morgan fingerprint density at radius 3 is 2.44 bits per heavy atom. The molecule has 1 aromatic heterocycles. The molecule has 18 heavy (non-hydrogen) atoms. The highest BCUT2D eigenvalue weighted by molar-refractivity contribution is 5.37. The van der Waals surface area contributed by atoms with Gasteiger partial charge in [0.05, 0.1) is 7.11 Å². The number of nitrogens with one attached hydrogen (secondary N) is 1. The average molecular weight is 254 g/mol. The van der Waals surface area contributed by atoms with Crippen molar-refractivity contribution in [2.75, 3.05) is 24.5 Å². The monoisotopic (exact) mass is 254 g/mol. The van der Waals surface area contributed by atoms with Crippen LogP contribution in [0.15, 0.2) is 0 Å². The summed E-state index contributed by atoms with van der Waals surface area (Å²) in [4.78, 5) is 14.4. The average Bonchev–Trinajstić information content (AvgIpc) is 2.36. The van der Waals surface area contributed by atoms with Crippen LogP contribution in [-0.4, -0.2) is 35.2 Å². The van der Waals surface area contributed by atoms with Crippen molar-refractivity contribution in [2.24, 2.45) is 11.8 Å². The Balaban J connectivity index is 2.93. The number of nitrogens with two attached hydrogens (primary N) is 1. The largest absolute Gasteiger partial charge is 0.467 e. The molecule has 1 rings (SSSR count). The molecule has 0 fully saturated rings. The number of hydrogen-bond donors (Lipinski definition) is 2. The van der Waals surface area contributed by atoms with Crippen LogP contribution in [-0.2, 0) is 0 Å². The van der Waals surface area contributed by atoms with Crippen molar-refractivity contribution in [3.05, 3.63) is 0 Å². The summed E-state index contributed by atoms with van der Waals surface area (Å²) in [5, 5.41) is 0. The third-order valence-corrected chi connectivity index (χ3v) is 2.70. The molecule has 7 nitrogen and oxygen atoms in total. The maximum atomic E-state index is 5.32. The summed E-state index contributed by atoms with van der Waals surface area (Å²) in [5.41, 5.74) is 2.41. The third-order valence-electron chi connectivity index (χ3n) is 2.70. The van der Waals surface area contributed by atoms with Crippen LogP contribution in [0.25, 0.3) is 0 Å². The molecule has 7 heteroatoms. The normalized spacial score (nSPS) is 12.4. The first kappa shape index (κ1) is 14.4. The van der Waals surface area contributed by atoms with Crippen molar-refractivity contribution in [3.63, 3.8) is 0 Å². The van der Waals surface area contributed by atoms with E-state index >= 15 is 0 Å². The lowest BCUT2D eigenvalue weighted by Gasteiger charge is -2.26. The number of aromatic nitrogens is 3. The highest BCUT2D eigenvalue weighted by Gasteiger charge is 2.16. The Bertz CT molecular complexity index is 362. The molecular formula is C11H22N6O. The van der Waals surface area contributed by atoms with E-state index in [1.165, 1.54) is 7.11 Å². The summed E-state index contributed by atoms with van der Waals surface area (Å²) in [6, 6.07) is 0.569. The predicted octanol–water partition coefficient (Wildman–Crippen LogP) is 1.04. The van der Waals surface area contributed by atoms with Crippen molar-refractivity contribution in [1.82, 2.24) is 15.0 Å². The molecule has 1 unspecified atom stereocenters. The molecule has 0 aliphatic rings. The fourth-order valence-electron chi connectivity index (χ4n) is 1.70. The first-order chi connectivity index (χ1) is 8.47. The summed E-state index contributed by atoms with van der Waals surface area (Å²) >= 11 is 0. The molecule has 0 saturated carbocycles. The van der Waals surface area contributed by atoms with Gasteiger partial charge in [-0.05, 0) is 19.3 Å². The number of nitrogen functional groups attached to an aromatic ring is 1. The van der Waals surface area contributed by atoms with Crippen LogP contribution < -0.4 is 20.9 Å². The van der Waals surface area contributed by atoms with E-state index in [2.05, 4.69) is 41.1 Å². The number of hydrazine groups is 1. The molecule has 102 valence electrons. The number of nitrogens with zero attached hydrogens (tertiary/aromatic N) is 4. The Morgan fingerprint density at radius 2 is 1.94 bits per heavy atom. The summed E-state index contributed by atoms with van der Waals surface area (Å²) in [6.07, 6.45) is 1.05. The van der Waals surface area contributed by atoms with Crippen LogP contribution in [0.2, 0.25) is 0 Å². The van der Waals surface area contributed by atoms with Gasteiger partial charge < -0.3 is 9.64 Å². The minimum atomic E-state index is 0.247. The number of rotatable bonds is 6. The Kier molecular flexibility index (Phi) is 5.08.